The molecule has 1 amide bonds. The van der Waals surface area contributed by atoms with E-state index in [0.717, 1.165) is 26.9 Å². The van der Waals surface area contributed by atoms with Crippen LogP contribution in [0.15, 0.2) is 46.9 Å². The summed E-state index contributed by atoms with van der Waals surface area (Å²) in [5.74, 6) is 1.15. The van der Waals surface area contributed by atoms with E-state index in [-0.39, 0.29) is 5.91 Å². The van der Waals surface area contributed by atoms with Gasteiger partial charge in [0.25, 0.3) is 5.91 Å². The molecule has 0 aliphatic carbocycles. The number of anilines is 1. The van der Waals surface area contributed by atoms with Crippen LogP contribution in [0.4, 0.5) is 5.82 Å². The number of halogens is 2. The smallest absolute Gasteiger partial charge is 0.266 e. The minimum Gasteiger partial charge on any atom is -0.480 e. The van der Waals surface area contributed by atoms with E-state index in [1.807, 2.05) is 44.3 Å². The van der Waals surface area contributed by atoms with E-state index in [1.54, 1.807) is 16.8 Å². The van der Waals surface area contributed by atoms with Gasteiger partial charge in [0.15, 0.2) is 6.10 Å². The van der Waals surface area contributed by atoms with Crippen molar-refractivity contribution in [3.8, 4) is 16.9 Å². The van der Waals surface area contributed by atoms with Gasteiger partial charge < -0.3 is 10.1 Å². The lowest BCUT2D eigenvalue weighted by atomic mass is 10.1. The van der Waals surface area contributed by atoms with Crippen molar-refractivity contribution in [3.63, 3.8) is 0 Å². The van der Waals surface area contributed by atoms with E-state index in [2.05, 4.69) is 26.3 Å². The summed E-state index contributed by atoms with van der Waals surface area (Å²) >= 11 is 9.48. The summed E-state index contributed by atoms with van der Waals surface area (Å²) in [6.07, 6.45) is -0.0990. The van der Waals surface area contributed by atoms with E-state index < -0.39 is 6.10 Å². The molecule has 5 nitrogen and oxygen atoms in total. The standard InChI is InChI=1S/C20H17BrClN3O2/c1-11-18(12-3-5-14(21)6-4-12)19(25(2)24-11)23-20(26)17-10-13-9-15(22)7-8-16(13)27-17/h3-9,17H,10H2,1-2H3,(H,23,26). The van der Waals surface area contributed by atoms with Gasteiger partial charge in [-0.3, -0.25) is 9.48 Å². The predicted molar refractivity (Wildman–Crippen MR) is 109 cm³/mol. The van der Waals surface area contributed by atoms with Crippen LogP contribution in [0.25, 0.3) is 11.1 Å². The SMILES string of the molecule is Cc1nn(C)c(NC(=O)C2Cc3cc(Cl)ccc3O2)c1-c1ccc(Br)cc1. The van der Waals surface area contributed by atoms with E-state index in [1.165, 1.54) is 0 Å². The molecule has 0 saturated heterocycles. The van der Waals surface area contributed by atoms with Crippen LogP contribution < -0.4 is 10.1 Å². The number of aryl methyl sites for hydroxylation is 2. The van der Waals surface area contributed by atoms with Gasteiger partial charge in [-0.15, -0.1) is 0 Å². The first-order chi connectivity index (χ1) is 12.9. The van der Waals surface area contributed by atoms with E-state index in [0.29, 0.717) is 23.0 Å². The van der Waals surface area contributed by atoms with Gasteiger partial charge in [0.1, 0.15) is 11.6 Å². The third kappa shape index (κ3) is 3.47. The normalized spacial score (nSPS) is 15.3. The quantitative estimate of drug-likeness (QED) is 0.631. The molecule has 7 heteroatoms. The fourth-order valence-electron chi connectivity index (χ4n) is 3.32. The first-order valence-corrected chi connectivity index (χ1v) is 9.65. The summed E-state index contributed by atoms with van der Waals surface area (Å²) in [4.78, 5) is 12.8. The third-order valence-electron chi connectivity index (χ3n) is 4.59. The average Bonchev–Trinajstić information content (AvgIpc) is 3.16. The van der Waals surface area contributed by atoms with Gasteiger partial charge in [-0.05, 0) is 48.4 Å². The molecule has 138 valence electrons. The first kappa shape index (κ1) is 18.1. The van der Waals surface area contributed by atoms with Crippen molar-refractivity contribution in [2.45, 2.75) is 19.4 Å². The summed E-state index contributed by atoms with van der Waals surface area (Å²) in [5.41, 5.74) is 3.67. The third-order valence-corrected chi connectivity index (χ3v) is 5.35. The zero-order valence-electron chi connectivity index (χ0n) is 14.8. The fraction of sp³-hybridized carbons (Fsp3) is 0.200. The van der Waals surface area contributed by atoms with Crippen LogP contribution >= 0.6 is 27.5 Å². The van der Waals surface area contributed by atoms with E-state index in [4.69, 9.17) is 16.3 Å². The lowest BCUT2D eigenvalue weighted by molar-refractivity contribution is -0.122. The topological polar surface area (TPSA) is 56.2 Å². The maximum Gasteiger partial charge on any atom is 0.266 e. The lowest BCUT2D eigenvalue weighted by Gasteiger charge is -2.13. The highest BCUT2D eigenvalue weighted by Crippen LogP contribution is 2.34. The Labute approximate surface area is 170 Å². The molecule has 1 unspecified atom stereocenters. The van der Waals surface area contributed by atoms with Crippen molar-refractivity contribution in [3.05, 3.63) is 63.2 Å². The van der Waals surface area contributed by atoms with Crippen LogP contribution in [-0.2, 0) is 18.3 Å². The average molecular weight is 447 g/mol. The summed E-state index contributed by atoms with van der Waals surface area (Å²) in [5, 5.41) is 8.11. The van der Waals surface area contributed by atoms with Crippen LogP contribution in [0.5, 0.6) is 5.75 Å². The molecule has 0 fully saturated rings. The van der Waals surface area contributed by atoms with Crippen molar-refractivity contribution in [2.75, 3.05) is 5.32 Å². The van der Waals surface area contributed by atoms with Crippen LogP contribution in [0.3, 0.4) is 0 Å². The number of carbonyl (C=O) groups excluding carboxylic acids is 1. The molecule has 2 heterocycles. The molecule has 0 saturated carbocycles. The Kier molecular flexibility index (Phi) is 4.70. The van der Waals surface area contributed by atoms with Crippen molar-refractivity contribution in [2.24, 2.45) is 7.05 Å². The molecule has 3 aromatic rings. The van der Waals surface area contributed by atoms with Gasteiger partial charge in [0.2, 0.25) is 0 Å². The Morgan fingerprint density at radius 3 is 2.78 bits per heavy atom. The van der Waals surface area contributed by atoms with Gasteiger partial charge in [-0.25, -0.2) is 0 Å². The Morgan fingerprint density at radius 2 is 2.04 bits per heavy atom. The van der Waals surface area contributed by atoms with Gasteiger partial charge in [0, 0.05) is 28.5 Å². The Balaban J connectivity index is 1.60. The Morgan fingerprint density at radius 1 is 1.30 bits per heavy atom. The van der Waals surface area contributed by atoms with Crippen molar-refractivity contribution in [1.29, 1.82) is 0 Å². The molecule has 1 N–H and O–H groups in total. The summed E-state index contributed by atoms with van der Waals surface area (Å²) in [6.45, 7) is 1.93. The molecule has 27 heavy (non-hydrogen) atoms. The number of aromatic nitrogens is 2. The molecule has 0 radical (unpaired) electrons. The number of nitrogens with zero attached hydrogens (tertiary/aromatic N) is 2. The lowest BCUT2D eigenvalue weighted by Crippen LogP contribution is -2.32. The molecule has 1 aliphatic rings. The van der Waals surface area contributed by atoms with E-state index in [9.17, 15) is 4.79 Å². The van der Waals surface area contributed by atoms with Crippen LogP contribution in [0, 0.1) is 6.92 Å². The van der Waals surface area contributed by atoms with Crippen LogP contribution in [0.1, 0.15) is 11.3 Å². The molecule has 4 rings (SSSR count). The van der Waals surface area contributed by atoms with Crippen molar-refractivity contribution >= 4 is 39.3 Å². The zero-order chi connectivity index (χ0) is 19.1. The van der Waals surface area contributed by atoms with E-state index >= 15 is 0 Å². The molecule has 0 bridgehead atoms. The minimum absolute atomic E-state index is 0.205. The molecule has 0 spiro atoms. The van der Waals surface area contributed by atoms with Crippen molar-refractivity contribution < 1.29 is 9.53 Å². The maximum atomic E-state index is 12.8. The van der Waals surface area contributed by atoms with Gasteiger partial charge >= 0.3 is 0 Å². The number of hydrogen-bond acceptors (Lipinski definition) is 3. The number of rotatable bonds is 3. The number of fused-ring (bicyclic) bond motifs is 1. The highest BCUT2D eigenvalue weighted by molar-refractivity contribution is 9.10. The number of benzene rings is 2. The number of nitrogens with one attached hydrogen (secondary N) is 1. The second-order valence-corrected chi connectivity index (χ2v) is 7.84. The maximum absolute atomic E-state index is 12.8. The highest BCUT2D eigenvalue weighted by atomic mass is 79.9. The fourth-order valence-corrected chi connectivity index (χ4v) is 3.78. The first-order valence-electron chi connectivity index (χ1n) is 8.48. The largest absolute Gasteiger partial charge is 0.480 e. The molecular formula is C20H17BrClN3O2. The number of hydrogen-bond donors (Lipinski definition) is 1. The monoisotopic (exact) mass is 445 g/mol. The summed E-state index contributed by atoms with van der Waals surface area (Å²) in [7, 11) is 1.81. The second-order valence-electron chi connectivity index (χ2n) is 6.49. The van der Waals surface area contributed by atoms with Gasteiger partial charge in [-0.1, -0.05) is 39.7 Å². The zero-order valence-corrected chi connectivity index (χ0v) is 17.1. The molecule has 1 aromatic heterocycles. The molecular weight excluding hydrogens is 430 g/mol. The summed E-state index contributed by atoms with van der Waals surface area (Å²) in [6, 6.07) is 13.3. The molecule has 2 aromatic carbocycles. The molecule has 1 atom stereocenters. The minimum atomic E-state index is -0.591. The van der Waals surface area contributed by atoms with Crippen molar-refractivity contribution in [1.82, 2.24) is 9.78 Å². The number of carbonyl (C=O) groups is 1. The highest BCUT2D eigenvalue weighted by Gasteiger charge is 2.30. The second kappa shape index (κ2) is 7.02. The predicted octanol–water partition coefficient (Wildman–Crippen LogP) is 4.75. The molecule has 1 aliphatic heterocycles. The Hall–Kier alpha value is -2.31. The number of amides is 1. The van der Waals surface area contributed by atoms with Crippen LogP contribution in [0.2, 0.25) is 5.02 Å². The summed E-state index contributed by atoms with van der Waals surface area (Å²) < 4.78 is 8.48. The van der Waals surface area contributed by atoms with Gasteiger partial charge in [0.05, 0.1) is 5.69 Å². The van der Waals surface area contributed by atoms with Gasteiger partial charge in [-0.2, -0.15) is 5.10 Å². The van der Waals surface area contributed by atoms with Crippen LogP contribution in [-0.4, -0.2) is 21.8 Å². The number of ether oxygens (including phenoxy) is 1. The Bertz CT molecular complexity index is 1030.